The van der Waals surface area contributed by atoms with Crippen molar-refractivity contribution in [1.29, 1.82) is 0 Å². The fourth-order valence-electron chi connectivity index (χ4n) is 8.56. The van der Waals surface area contributed by atoms with E-state index in [9.17, 15) is 26.3 Å². The maximum Gasteiger partial charge on any atom is 0.416 e. The minimum absolute atomic E-state index is 0.00853. The monoisotopic (exact) mass is 979 g/mol. The fraction of sp³-hybridized carbons (Fsp3) is 0.226. The lowest BCUT2D eigenvalue weighted by molar-refractivity contribution is -0.143. The van der Waals surface area contributed by atoms with E-state index in [0.29, 0.717) is 53.9 Å². The van der Waals surface area contributed by atoms with E-state index < -0.39 is 34.5 Å². The Labute approximate surface area is 417 Å². The molecule has 0 heterocycles. The molecule has 0 saturated carbocycles. The van der Waals surface area contributed by atoms with Crippen molar-refractivity contribution < 1.29 is 45.7 Å². The van der Waals surface area contributed by atoms with Gasteiger partial charge in [0.05, 0.1) is 11.1 Å². The molecule has 8 rings (SSSR count). The maximum atomic E-state index is 14.2. The molecule has 0 atom stereocenters. The Morgan fingerprint density at radius 2 is 0.917 bits per heavy atom. The summed E-state index contributed by atoms with van der Waals surface area (Å²) in [5.74, 6) is 2.76. The minimum Gasteiger partial charge on any atom is -0.593 e. The number of hydrogen-bond donors (Lipinski definition) is 0. The summed E-state index contributed by atoms with van der Waals surface area (Å²) in [4.78, 5) is 0. The van der Waals surface area contributed by atoms with Crippen LogP contribution in [0.25, 0.3) is 22.3 Å². The Morgan fingerprint density at radius 3 is 1.40 bits per heavy atom. The normalized spacial score (nSPS) is 12.2. The molecule has 10 heteroatoms. The Bertz CT molecular complexity index is 3120. The lowest BCUT2D eigenvalue weighted by Gasteiger charge is -2.42. The van der Waals surface area contributed by atoms with Gasteiger partial charge in [0.15, 0.2) is 0 Å². The van der Waals surface area contributed by atoms with Gasteiger partial charge in [-0.15, -0.1) is 0 Å². The molecular weight excluding hydrogens is 923 g/mol. The second-order valence-electron chi connectivity index (χ2n) is 19.7. The van der Waals surface area contributed by atoms with Gasteiger partial charge < -0.3 is 19.3 Å². The highest BCUT2D eigenvalue weighted by Gasteiger charge is 2.41. The summed E-state index contributed by atoms with van der Waals surface area (Å²) in [5, 5.41) is 8.20. The molecule has 0 aliphatic rings. The first-order valence-corrected chi connectivity index (χ1v) is 23.8. The van der Waals surface area contributed by atoms with Gasteiger partial charge in [-0.2, -0.15) is 26.3 Å². The second kappa shape index (κ2) is 20.3. The van der Waals surface area contributed by atoms with Crippen LogP contribution in [0.5, 0.6) is 34.5 Å². The van der Waals surface area contributed by atoms with Crippen LogP contribution in [-0.2, 0) is 30.6 Å². The predicted molar refractivity (Wildman–Crippen MR) is 275 cm³/mol. The first-order chi connectivity index (χ1) is 34.0. The average Bonchev–Trinajstić information content (AvgIpc) is 3.33. The summed E-state index contributed by atoms with van der Waals surface area (Å²) >= 11 is 0. The van der Waals surface area contributed by atoms with Crippen molar-refractivity contribution in [2.75, 3.05) is 0 Å². The Balaban J connectivity index is 1.01. The van der Waals surface area contributed by atoms with Crippen molar-refractivity contribution in [3.63, 3.8) is 0 Å². The number of ether oxygens (including phenoxy) is 3. The zero-order chi connectivity index (χ0) is 51.6. The van der Waals surface area contributed by atoms with Crippen LogP contribution < -0.4 is 14.2 Å². The van der Waals surface area contributed by atoms with Crippen LogP contribution >= 0.6 is 0 Å². The van der Waals surface area contributed by atoms with E-state index in [1.54, 1.807) is 30.3 Å². The third kappa shape index (κ3) is 12.0. The number of aryl methyl sites for hydroxylation is 1. The molecule has 8 aromatic rings. The van der Waals surface area contributed by atoms with Gasteiger partial charge in [-0.3, -0.25) is 0 Å². The van der Waals surface area contributed by atoms with Crippen LogP contribution in [0.1, 0.15) is 97.5 Å². The van der Waals surface area contributed by atoms with Crippen LogP contribution in [0.3, 0.4) is 0 Å². The topological polar surface area (TPSA) is 50.6 Å². The summed E-state index contributed by atoms with van der Waals surface area (Å²) in [6.45, 7) is 14.1. The third-order valence-electron chi connectivity index (χ3n) is 13.5. The van der Waals surface area contributed by atoms with Gasteiger partial charge in [-0.05, 0) is 151 Å². The number of hydrogen-bond acceptors (Lipinski definition) is 3. The van der Waals surface area contributed by atoms with E-state index >= 15 is 0 Å². The summed E-state index contributed by atoms with van der Waals surface area (Å²) < 4.78 is 104. The molecule has 0 radical (unpaired) electrons. The third-order valence-corrected chi connectivity index (χ3v) is 13.5. The quantitative estimate of drug-likeness (QED) is 0.0760. The second-order valence-corrected chi connectivity index (χ2v) is 19.7. The highest BCUT2D eigenvalue weighted by Crippen LogP contribution is 2.45. The molecule has 72 heavy (non-hydrogen) atoms. The predicted octanol–water partition coefficient (Wildman–Crippen LogP) is 17.8. The summed E-state index contributed by atoms with van der Waals surface area (Å²) in [5.41, 5.74) is 4.54. The van der Waals surface area contributed by atoms with Gasteiger partial charge in [0.1, 0.15) is 34.3 Å². The van der Waals surface area contributed by atoms with E-state index in [2.05, 4.69) is 56.3 Å². The largest absolute Gasteiger partial charge is 0.593 e. The van der Waals surface area contributed by atoms with Crippen LogP contribution in [0, 0.1) is 6.92 Å². The summed E-state index contributed by atoms with van der Waals surface area (Å²) in [6, 6.07) is 51.2. The van der Waals surface area contributed by atoms with E-state index in [1.165, 1.54) is 17.7 Å². The first kappa shape index (κ1) is 50.9. The minimum atomic E-state index is -5.05. The molecule has 370 valence electrons. The summed E-state index contributed by atoms with van der Waals surface area (Å²) in [6.07, 6.45) is -8.80. The van der Waals surface area contributed by atoms with Crippen molar-refractivity contribution in [1.82, 2.24) is 0 Å². The smallest absolute Gasteiger partial charge is 0.416 e. The fourth-order valence-corrected chi connectivity index (χ4v) is 8.56. The lowest BCUT2D eigenvalue weighted by atomic mass is 9.71. The molecule has 4 nitrogen and oxygen atoms in total. The van der Waals surface area contributed by atoms with Crippen molar-refractivity contribution in [3.8, 4) is 56.8 Å². The average molecular weight is 980 g/mol. The van der Waals surface area contributed by atoms with Gasteiger partial charge in [-0.1, -0.05) is 130 Å². The van der Waals surface area contributed by atoms with Gasteiger partial charge in [0, 0.05) is 28.7 Å². The zero-order valence-electron chi connectivity index (χ0n) is 41.2. The zero-order valence-corrected chi connectivity index (χ0v) is 41.2. The molecule has 0 spiro atoms. The van der Waals surface area contributed by atoms with Crippen LogP contribution in [0.2, 0.25) is 0 Å². The number of rotatable bonds is 15. The van der Waals surface area contributed by atoms with Crippen molar-refractivity contribution in [2.24, 2.45) is 0 Å². The first-order valence-electron chi connectivity index (χ1n) is 23.8. The number of benzene rings is 8. The molecule has 8 aromatic carbocycles. The molecule has 0 aliphatic heterocycles. The number of halogens is 6. The molecular formula is C62H57F6O4+. The van der Waals surface area contributed by atoms with Crippen molar-refractivity contribution in [2.45, 2.75) is 90.6 Å². The van der Waals surface area contributed by atoms with Gasteiger partial charge in [0.2, 0.25) is 0 Å². The van der Waals surface area contributed by atoms with Crippen molar-refractivity contribution in [3.05, 3.63) is 226 Å². The van der Waals surface area contributed by atoms with E-state index in [4.69, 9.17) is 19.3 Å². The molecule has 0 fully saturated rings. The highest BCUT2D eigenvalue weighted by molar-refractivity contribution is 5.75. The van der Waals surface area contributed by atoms with Gasteiger partial charge in [0.25, 0.3) is 5.75 Å². The standard InChI is InChI=1S/C62H56F6O4/c1-39(2)45-19-11-41(12-20-45)32-43-15-26-53(27-16-43)71-58-30-28-54(38-56(58)47-34-49(61(63,64)65)36-50(35-47)62(66,67)68)72-60(6,7)59(4,5)48-21-13-42(14-22-48)33-44-17-24-52(25-18-44)70-57-29-23-51(69)37-55(57)46-10-8-9-40(3)31-46/h8-31,34-39,69H,32-33H2,1-7H3/p+1. The maximum absolute atomic E-state index is 14.2. The van der Waals surface area contributed by atoms with Gasteiger partial charge >= 0.3 is 12.4 Å². The highest BCUT2D eigenvalue weighted by atomic mass is 19.4. The van der Waals surface area contributed by atoms with E-state index in [0.717, 1.165) is 44.5 Å². The van der Waals surface area contributed by atoms with Crippen LogP contribution in [-0.4, -0.2) is 10.7 Å². The van der Waals surface area contributed by atoms with Crippen LogP contribution in [0.15, 0.2) is 176 Å². The number of alkyl halides is 6. The molecule has 0 saturated heterocycles. The molecule has 0 bridgehead atoms. The molecule has 0 amide bonds. The molecule has 0 aromatic heterocycles. The molecule has 2 N–H and O–H groups in total. The van der Waals surface area contributed by atoms with Crippen LogP contribution in [0.4, 0.5) is 26.3 Å². The van der Waals surface area contributed by atoms with E-state index in [-0.39, 0.29) is 28.7 Å². The Morgan fingerprint density at radius 1 is 0.458 bits per heavy atom. The lowest BCUT2D eigenvalue weighted by Crippen LogP contribution is -2.47. The van der Waals surface area contributed by atoms with Crippen molar-refractivity contribution >= 4 is 0 Å². The summed E-state index contributed by atoms with van der Waals surface area (Å²) in [7, 11) is 0. The van der Waals surface area contributed by atoms with E-state index in [1.807, 2.05) is 107 Å². The Hall–Kier alpha value is -7.46. The van der Waals surface area contributed by atoms with Gasteiger partial charge in [-0.25, -0.2) is 0 Å². The SMILES string of the molecule is Cc1cccc(-c2cc([OH2+])ccc2Oc2ccc(Cc3ccc(C(C)(C)C(C)(C)Oc4ccc(Oc5ccc(Cc6ccc(C(C)C)cc6)cc5)c(-c5cc(C(F)(F)F)cc(C(F)(F)F)c5)c4)cc3)cc2)c1. The molecule has 0 aliphatic carbocycles. The Kier molecular flexibility index (Phi) is 14.4. The molecule has 0 unspecified atom stereocenters.